The molecule has 4 heteroatoms. The van der Waals surface area contributed by atoms with Crippen LogP contribution in [0.25, 0.3) is 0 Å². The Hall–Kier alpha value is -0.840. The number of furan rings is 1. The highest BCUT2D eigenvalue weighted by atomic mass is 16.4. The smallest absolute Gasteiger partial charge is 0.129 e. The topological polar surface area (TPSA) is 65.6 Å². The fraction of sp³-hybridized carbons (Fsp3) is 0.636. The van der Waals surface area contributed by atoms with E-state index in [1.165, 1.54) is 0 Å². The molecule has 86 valence electrons. The second-order valence-electron chi connectivity index (χ2n) is 3.77. The molecule has 1 rings (SSSR count). The van der Waals surface area contributed by atoms with Gasteiger partial charge in [0, 0.05) is 6.61 Å². The zero-order valence-corrected chi connectivity index (χ0v) is 9.07. The average molecular weight is 213 g/mol. The molecule has 0 amide bonds. The van der Waals surface area contributed by atoms with E-state index in [1.54, 1.807) is 6.07 Å². The maximum atomic E-state index is 8.79. The molecule has 0 aliphatic heterocycles. The molecule has 0 fully saturated rings. The Balaban J connectivity index is 2.19. The third-order valence-electron chi connectivity index (χ3n) is 2.29. The number of nitrogens with one attached hydrogen (secondary N) is 1. The first kappa shape index (κ1) is 12.2. The van der Waals surface area contributed by atoms with Crippen LogP contribution in [0, 0.1) is 5.92 Å². The molecule has 0 aliphatic carbocycles. The van der Waals surface area contributed by atoms with Crippen molar-refractivity contribution in [2.45, 2.75) is 26.5 Å². The fourth-order valence-corrected chi connectivity index (χ4v) is 1.37. The lowest BCUT2D eigenvalue weighted by Gasteiger charge is -2.09. The van der Waals surface area contributed by atoms with Gasteiger partial charge in [-0.1, -0.05) is 6.92 Å². The highest BCUT2D eigenvalue weighted by molar-refractivity contribution is 5.05. The first-order valence-electron chi connectivity index (χ1n) is 5.26. The Kier molecular flexibility index (Phi) is 5.39. The van der Waals surface area contributed by atoms with Gasteiger partial charge in [0.15, 0.2) is 0 Å². The van der Waals surface area contributed by atoms with Gasteiger partial charge in [0.1, 0.15) is 18.1 Å². The van der Waals surface area contributed by atoms with Crippen molar-refractivity contribution in [3.63, 3.8) is 0 Å². The normalized spacial score (nSPS) is 13.0. The standard InChI is InChI=1S/C11H19NO3/c1-9(4-5-13)6-12-7-10-2-3-11(8-14)15-10/h2-3,9,12-14H,4-8H2,1H3. The molecule has 0 bridgehead atoms. The van der Waals surface area contributed by atoms with Gasteiger partial charge in [-0.25, -0.2) is 0 Å². The minimum atomic E-state index is -0.0546. The highest BCUT2D eigenvalue weighted by Crippen LogP contribution is 2.07. The summed E-state index contributed by atoms with van der Waals surface area (Å²) >= 11 is 0. The van der Waals surface area contributed by atoms with E-state index in [-0.39, 0.29) is 13.2 Å². The van der Waals surface area contributed by atoms with E-state index < -0.39 is 0 Å². The molecule has 0 spiro atoms. The summed E-state index contributed by atoms with van der Waals surface area (Å²) in [6.07, 6.45) is 0.813. The molecule has 1 heterocycles. The molecule has 4 nitrogen and oxygen atoms in total. The number of rotatable bonds is 7. The van der Waals surface area contributed by atoms with Gasteiger partial charge in [-0.2, -0.15) is 0 Å². The van der Waals surface area contributed by atoms with Crippen LogP contribution in [0.5, 0.6) is 0 Å². The maximum Gasteiger partial charge on any atom is 0.129 e. The predicted octanol–water partition coefficient (Wildman–Crippen LogP) is 0.880. The Morgan fingerprint density at radius 3 is 2.67 bits per heavy atom. The molecule has 1 atom stereocenters. The summed E-state index contributed by atoms with van der Waals surface area (Å²) in [6.45, 7) is 3.79. The van der Waals surface area contributed by atoms with Crippen LogP contribution in [0.4, 0.5) is 0 Å². The Labute approximate surface area is 89.9 Å². The van der Waals surface area contributed by atoms with Crippen molar-refractivity contribution >= 4 is 0 Å². The van der Waals surface area contributed by atoms with Crippen molar-refractivity contribution in [3.8, 4) is 0 Å². The molecule has 1 aromatic heterocycles. The molecule has 1 unspecified atom stereocenters. The van der Waals surface area contributed by atoms with Gasteiger partial charge in [-0.3, -0.25) is 0 Å². The van der Waals surface area contributed by atoms with Crippen LogP contribution in [0.15, 0.2) is 16.5 Å². The highest BCUT2D eigenvalue weighted by Gasteiger charge is 2.03. The van der Waals surface area contributed by atoms with E-state index in [9.17, 15) is 0 Å². The van der Waals surface area contributed by atoms with Crippen molar-refractivity contribution in [2.24, 2.45) is 5.92 Å². The van der Waals surface area contributed by atoms with Gasteiger partial charge in [-0.15, -0.1) is 0 Å². The SMILES string of the molecule is CC(CCO)CNCc1ccc(CO)o1. The van der Waals surface area contributed by atoms with E-state index in [2.05, 4.69) is 12.2 Å². The monoisotopic (exact) mass is 213 g/mol. The van der Waals surface area contributed by atoms with E-state index in [1.807, 2.05) is 6.07 Å². The molecular formula is C11H19NO3. The number of aliphatic hydroxyl groups excluding tert-OH is 2. The van der Waals surface area contributed by atoms with Crippen LogP contribution in [0.3, 0.4) is 0 Å². The van der Waals surface area contributed by atoms with Crippen LogP contribution in [0.1, 0.15) is 24.9 Å². The van der Waals surface area contributed by atoms with E-state index in [4.69, 9.17) is 14.6 Å². The minimum Gasteiger partial charge on any atom is -0.462 e. The second kappa shape index (κ2) is 6.61. The fourth-order valence-electron chi connectivity index (χ4n) is 1.37. The zero-order valence-electron chi connectivity index (χ0n) is 9.07. The molecule has 3 N–H and O–H groups in total. The van der Waals surface area contributed by atoms with Crippen LogP contribution in [0.2, 0.25) is 0 Å². The Morgan fingerprint density at radius 2 is 2.07 bits per heavy atom. The molecule has 0 saturated heterocycles. The van der Waals surface area contributed by atoms with Crippen molar-refractivity contribution in [1.29, 1.82) is 0 Å². The third kappa shape index (κ3) is 4.46. The molecule has 0 aliphatic rings. The second-order valence-corrected chi connectivity index (χ2v) is 3.77. The quantitative estimate of drug-likeness (QED) is 0.629. The van der Waals surface area contributed by atoms with Crippen LogP contribution < -0.4 is 5.32 Å². The molecule has 0 radical (unpaired) electrons. The third-order valence-corrected chi connectivity index (χ3v) is 2.29. The molecule has 0 saturated carbocycles. The first-order valence-corrected chi connectivity index (χ1v) is 5.26. The average Bonchev–Trinajstić information content (AvgIpc) is 2.66. The van der Waals surface area contributed by atoms with Crippen molar-refractivity contribution < 1.29 is 14.6 Å². The van der Waals surface area contributed by atoms with Crippen LogP contribution >= 0.6 is 0 Å². The van der Waals surface area contributed by atoms with Crippen molar-refractivity contribution in [3.05, 3.63) is 23.7 Å². The van der Waals surface area contributed by atoms with Gasteiger partial charge >= 0.3 is 0 Å². The lowest BCUT2D eigenvalue weighted by Crippen LogP contribution is -2.21. The molecule has 1 aromatic rings. The molecule has 0 aromatic carbocycles. The summed E-state index contributed by atoms with van der Waals surface area (Å²) < 4.78 is 5.31. The summed E-state index contributed by atoms with van der Waals surface area (Å²) in [4.78, 5) is 0. The number of hydrogen-bond acceptors (Lipinski definition) is 4. The van der Waals surface area contributed by atoms with E-state index in [0.29, 0.717) is 18.2 Å². The largest absolute Gasteiger partial charge is 0.462 e. The zero-order chi connectivity index (χ0) is 11.1. The van der Waals surface area contributed by atoms with E-state index >= 15 is 0 Å². The van der Waals surface area contributed by atoms with Gasteiger partial charge < -0.3 is 19.9 Å². The van der Waals surface area contributed by atoms with Crippen molar-refractivity contribution in [1.82, 2.24) is 5.32 Å². The number of aliphatic hydroxyl groups is 2. The van der Waals surface area contributed by atoms with Crippen LogP contribution in [-0.4, -0.2) is 23.4 Å². The lowest BCUT2D eigenvalue weighted by atomic mass is 10.1. The summed E-state index contributed by atoms with van der Waals surface area (Å²) in [7, 11) is 0. The number of hydrogen-bond donors (Lipinski definition) is 3. The first-order chi connectivity index (χ1) is 7.26. The predicted molar refractivity (Wildman–Crippen MR) is 57.2 cm³/mol. The van der Waals surface area contributed by atoms with Gasteiger partial charge in [0.05, 0.1) is 6.54 Å². The van der Waals surface area contributed by atoms with Crippen LogP contribution in [-0.2, 0) is 13.2 Å². The van der Waals surface area contributed by atoms with Crippen molar-refractivity contribution in [2.75, 3.05) is 13.2 Å². The Morgan fingerprint density at radius 1 is 1.33 bits per heavy atom. The van der Waals surface area contributed by atoms with Gasteiger partial charge in [-0.05, 0) is 31.0 Å². The summed E-state index contributed by atoms with van der Waals surface area (Å²) in [5, 5.41) is 20.7. The molecule has 15 heavy (non-hydrogen) atoms. The van der Waals surface area contributed by atoms with E-state index in [0.717, 1.165) is 18.7 Å². The summed E-state index contributed by atoms with van der Waals surface area (Å²) in [6, 6.07) is 3.63. The molecular weight excluding hydrogens is 194 g/mol. The van der Waals surface area contributed by atoms with Gasteiger partial charge in [0.25, 0.3) is 0 Å². The Bertz CT molecular complexity index is 273. The lowest BCUT2D eigenvalue weighted by molar-refractivity contribution is 0.241. The van der Waals surface area contributed by atoms with Gasteiger partial charge in [0.2, 0.25) is 0 Å². The summed E-state index contributed by atoms with van der Waals surface area (Å²) in [5.41, 5.74) is 0. The summed E-state index contributed by atoms with van der Waals surface area (Å²) in [5.74, 6) is 1.88. The maximum absolute atomic E-state index is 8.79. The minimum absolute atomic E-state index is 0.0546.